The van der Waals surface area contributed by atoms with Crippen LogP contribution in [0.25, 0.3) is 11.3 Å². The van der Waals surface area contributed by atoms with Crippen molar-refractivity contribution in [3.05, 3.63) is 46.3 Å². The zero-order valence-corrected chi connectivity index (χ0v) is 8.30. The molecule has 0 saturated heterocycles. The number of aromatic amines is 2. The van der Waals surface area contributed by atoms with Gasteiger partial charge >= 0.3 is 5.69 Å². The van der Waals surface area contributed by atoms with Crippen LogP contribution in [0.2, 0.25) is 0 Å². The molecule has 0 amide bonds. The summed E-state index contributed by atoms with van der Waals surface area (Å²) in [6.45, 7) is 1.95. The predicted molar refractivity (Wildman–Crippen MR) is 56.2 cm³/mol. The zero-order valence-electron chi connectivity index (χ0n) is 8.30. The van der Waals surface area contributed by atoms with E-state index in [9.17, 15) is 9.18 Å². The number of H-pyrrole nitrogens is 2. The van der Waals surface area contributed by atoms with E-state index in [4.69, 9.17) is 0 Å². The summed E-state index contributed by atoms with van der Waals surface area (Å²) in [4.78, 5) is 16.5. The van der Waals surface area contributed by atoms with Crippen LogP contribution in [0.15, 0.2) is 29.1 Å². The summed E-state index contributed by atoms with van der Waals surface area (Å²) in [6, 6.07) is 6.04. The van der Waals surface area contributed by atoms with Gasteiger partial charge in [0, 0.05) is 11.3 Å². The van der Waals surface area contributed by atoms with E-state index < -0.39 is 0 Å². The predicted octanol–water partition coefficient (Wildman–Crippen LogP) is 2.07. The summed E-state index contributed by atoms with van der Waals surface area (Å²) in [5.41, 5.74) is 2.16. The maximum absolute atomic E-state index is 12.7. The molecule has 0 unspecified atom stereocenters. The summed E-state index contributed by atoms with van der Waals surface area (Å²) in [6.07, 6.45) is 0.728. The van der Waals surface area contributed by atoms with Gasteiger partial charge in [0.2, 0.25) is 0 Å². The van der Waals surface area contributed by atoms with Crippen LogP contribution in [0.4, 0.5) is 4.39 Å². The highest BCUT2D eigenvalue weighted by molar-refractivity contribution is 5.61. The van der Waals surface area contributed by atoms with E-state index in [2.05, 4.69) is 9.97 Å². The van der Waals surface area contributed by atoms with Gasteiger partial charge in [0.25, 0.3) is 0 Å². The Balaban J connectivity index is 2.53. The number of imidazole rings is 1. The van der Waals surface area contributed by atoms with Gasteiger partial charge < -0.3 is 9.97 Å². The molecule has 15 heavy (non-hydrogen) atoms. The lowest BCUT2D eigenvalue weighted by atomic mass is 10.1. The van der Waals surface area contributed by atoms with Crippen molar-refractivity contribution in [2.45, 2.75) is 13.3 Å². The Morgan fingerprint density at radius 1 is 1.20 bits per heavy atom. The minimum atomic E-state index is -0.283. The van der Waals surface area contributed by atoms with Crippen LogP contribution in [0.3, 0.4) is 0 Å². The molecule has 0 saturated carbocycles. The second-order valence-electron chi connectivity index (χ2n) is 3.29. The molecule has 2 aromatic rings. The Labute approximate surface area is 86.0 Å². The number of hydrogen-bond acceptors (Lipinski definition) is 1. The van der Waals surface area contributed by atoms with Crippen molar-refractivity contribution in [1.29, 1.82) is 0 Å². The van der Waals surface area contributed by atoms with Crippen LogP contribution in [-0.4, -0.2) is 9.97 Å². The van der Waals surface area contributed by atoms with Gasteiger partial charge in [-0.05, 0) is 30.7 Å². The molecule has 78 valence electrons. The smallest absolute Gasteiger partial charge is 0.309 e. The average Bonchev–Trinajstić information content (AvgIpc) is 2.61. The van der Waals surface area contributed by atoms with Gasteiger partial charge in [0.05, 0.1) is 5.69 Å². The summed E-state index contributed by atoms with van der Waals surface area (Å²) in [5.74, 6) is -0.283. The molecule has 0 radical (unpaired) electrons. The van der Waals surface area contributed by atoms with E-state index in [1.54, 1.807) is 12.1 Å². The second kappa shape index (κ2) is 3.73. The molecular formula is C11H11FN2O. The Morgan fingerprint density at radius 2 is 1.87 bits per heavy atom. The average molecular weight is 206 g/mol. The van der Waals surface area contributed by atoms with Crippen molar-refractivity contribution in [2.24, 2.45) is 0 Å². The van der Waals surface area contributed by atoms with E-state index in [1.165, 1.54) is 12.1 Å². The number of halogens is 1. The fraction of sp³-hybridized carbons (Fsp3) is 0.182. The molecule has 0 aliphatic rings. The summed E-state index contributed by atoms with van der Waals surface area (Å²) < 4.78 is 12.7. The molecule has 0 aliphatic heterocycles. The Kier molecular flexibility index (Phi) is 2.41. The van der Waals surface area contributed by atoms with Gasteiger partial charge in [-0.1, -0.05) is 6.92 Å². The number of aromatic nitrogens is 2. The van der Waals surface area contributed by atoms with E-state index >= 15 is 0 Å². The monoisotopic (exact) mass is 206 g/mol. The van der Waals surface area contributed by atoms with Crippen molar-refractivity contribution in [3.63, 3.8) is 0 Å². The van der Waals surface area contributed by atoms with Crippen LogP contribution in [-0.2, 0) is 6.42 Å². The first-order valence-corrected chi connectivity index (χ1v) is 4.78. The zero-order chi connectivity index (χ0) is 10.8. The van der Waals surface area contributed by atoms with Crippen LogP contribution >= 0.6 is 0 Å². The fourth-order valence-corrected chi connectivity index (χ4v) is 1.55. The molecule has 1 aromatic heterocycles. The molecule has 0 bridgehead atoms. The SMILES string of the molecule is CCc1[nH]c(=O)[nH]c1-c1ccc(F)cc1. The number of hydrogen-bond donors (Lipinski definition) is 2. The molecule has 0 aliphatic carbocycles. The fourth-order valence-electron chi connectivity index (χ4n) is 1.55. The first-order valence-electron chi connectivity index (χ1n) is 4.78. The van der Waals surface area contributed by atoms with Crippen molar-refractivity contribution in [1.82, 2.24) is 9.97 Å². The first kappa shape index (κ1) is 9.71. The number of nitrogens with one attached hydrogen (secondary N) is 2. The largest absolute Gasteiger partial charge is 0.323 e. The van der Waals surface area contributed by atoms with Gasteiger partial charge in [0.1, 0.15) is 5.82 Å². The minimum absolute atomic E-state index is 0.230. The lowest BCUT2D eigenvalue weighted by Gasteiger charge is -2.00. The van der Waals surface area contributed by atoms with Crippen molar-refractivity contribution < 1.29 is 4.39 Å². The van der Waals surface area contributed by atoms with Gasteiger partial charge in [-0.3, -0.25) is 0 Å². The lowest BCUT2D eigenvalue weighted by molar-refractivity contribution is 0.628. The molecule has 3 nitrogen and oxygen atoms in total. The Bertz CT molecular complexity index is 510. The maximum atomic E-state index is 12.7. The van der Waals surface area contributed by atoms with Crippen LogP contribution in [0.1, 0.15) is 12.6 Å². The van der Waals surface area contributed by atoms with Crippen molar-refractivity contribution in [2.75, 3.05) is 0 Å². The highest BCUT2D eigenvalue weighted by atomic mass is 19.1. The third-order valence-corrected chi connectivity index (χ3v) is 2.29. The number of benzene rings is 1. The highest BCUT2D eigenvalue weighted by Gasteiger charge is 2.07. The van der Waals surface area contributed by atoms with Gasteiger partial charge in [-0.15, -0.1) is 0 Å². The van der Waals surface area contributed by atoms with E-state index in [-0.39, 0.29) is 11.5 Å². The van der Waals surface area contributed by atoms with Gasteiger partial charge in [-0.2, -0.15) is 0 Å². The molecule has 1 heterocycles. The van der Waals surface area contributed by atoms with Gasteiger partial charge in [0.15, 0.2) is 0 Å². The molecule has 0 spiro atoms. The van der Waals surface area contributed by atoms with Crippen molar-refractivity contribution in [3.8, 4) is 11.3 Å². The molecule has 1 aromatic carbocycles. The third kappa shape index (κ3) is 1.83. The minimum Gasteiger partial charge on any atom is -0.309 e. The molecule has 2 rings (SSSR count). The molecular weight excluding hydrogens is 195 g/mol. The first-order chi connectivity index (χ1) is 7.20. The van der Waals surface area contributed by atoms with Crippen LogP contribution in [0.5, 0.6) is 0 Å². The van der Waals surface area contributed by atoms with Crippen molar-refractivity contribution >= 4 is 0 Å². The third-order valence-electron chi connectivity index (χ3n) is 2.29. The lowest BCUT2D eigenvalue weighted by Crippen LogP contribution is -2.00. The quantitative estimate of drug-likeness (QED) is 0.776. The molecule has 0 fully saturated rings. The number of aryl methyl sites for hydroxylation is 1. The van der Waals surface area contributed by atoms with Gasteiger partial charge in [-0.25, -0.2) is 9.18 Å². The normalized spacial score (nSPS) is 10.5. The maximum Gasteiger partial charge on any atom is 0.323 e. The van der Waals surface area contributed by atoms with E-state index in [0.29, 0.717) is 0 Å². The summed E-state index contributed by atoms with van der Waals surface area (Å²) in [5, 5.41) is 0. The molecule has 4 heteroatoms. The van der Waals surface area contributed by atoms with E-state index in [1.807, 2.05) is 6.92 Å². The molecule has 2 N–H and O–H groups in total. The Morgan fingerprint density at radius 3 is 2.47 bits per heavy atom. The van der Waals surface area contributed by atoms with Crippen LogP contribution < -0.4 is 5.69 Å². The van der Waals surface area contributed by atoms with E-state index in [0.717, 1.165) is 23.4 Å². The summed E-state index contributed by atoms with van der Waals surface area (Å²) >= 11 is 0. The topological polar surface area (TPSA) is 48.6 Å². The standard InChI is InChI=1S/C11H11FN2O/c1-2-9-10(14-11(15)13-9)7-3-5-8(12)6-4-7/h3-6H,2H2,1H3,(H2,13,14,15). The summed E-state index contributed by atoms with van der Waals surface area (Å²) in [7, 11) is 0. The molecule has 0 atom stereocenters. The number of rotatable bonds is 2. The Hall–Kier alpha value is -1.84. The second-order valence-corrected chi connectivity index (χ2v) is 3.29. The highest BCUT2D eigenvalue weighted by Crippen LogP contribution is 2.19. The van der Waals surface area contributed by atoms with Crippen LogP contribution in [0, 0.1) is 5.82 Å².